The van der Waals surface area contributed by atoms with Gasteiger partial charge in [0, 0.05) is 12.7 Å². The summed E-state index contributed by atoms with van der Waals surface area (Å²) in [5.74, 6) is 0.556. The molecule has 0 atom stereocenters. The number of hydrogen-bond donors (Lipinski definition) is 1. The van der Waals surface area contributed by atoms with E-state index in [1.807, 2.05) is 12.3 Å². The number of rotatable bonds is 11. The number of nitrogens with one attached hydrogen (secondary N) is 1. The van der Waals surface area contributed by atoms with Gasteiger partial charge in [-0.25, -0.2) is 4.98 Å². The van der Waals surface area contributed by atoms with E-state index in [0.717, 1.165) is 25.1 Å². The van der Waals surface area contributed by atoms with Gasteiger partial charge in [0.15, 0.2) is 0 Å². The van der Waals surface area contributed by atoms with Crippen molar-refractivity contribution >= 4 is 11.6 Å². The van der Waals surface area contributed by atoms with Gasteiger partial charge in [-0.15, -0.1) is 0 Å². The van der Waals surface area contributed by atoms with Crippen LogP contribution in [-0.2, 0) is 6.54 Å². The third-order valence-corrected chi connectivity index (χ3v) is 3.45. The Bertz CT molecular complexity index is 371. The van der Waals surface area contributed by atoms with Crippen molar-refractivity contribution in [1.82, 2.24) is 10.3 Å². The second-order valence-electron chi connectivity index (χ2n) is 5.03. The van der Waals surface area contributed by atoms with Crippen LogP contribution in [0.2, 0.25) is 5.02 Å². The molecule has 3 nitrogen and oxygen atoms in total. The molecule has 0 spiro atoms. The minimum atomic E-state index is 0.556. The summed E-state index contributed by atoms with van der Waals surface area (Å²) < 4.78 is 5.64. The Labute approximate surface area is 128 Å². The average molecular weight is 299 g/mol. The molecule has 0 fully saturated rings. The lowest BCUT2D eigenvalue weighted by atomic mass is 10.1. The predicted octanol–water partition coefficient (Wildman–Crippen LogP) is 4.58. The SMILES string of the molecule is CCCCCCCCOc1ncc(CNCC)cc1Cl. The van der Waals surface area contributed by atoms with E-state index in [4.69, 9.17) is 16.3 Å². The summed E-state index contributed by atoms with van der Waals surface area (Å²) in [7, 11) is 0. The molecule has 20 heavy (non-hydrogen) atoms. The van der Waals surface area contributed by atoms with Crippen molar-refractivity contribution in [3.05, 3.63) is 22.8 Å². The number of ether oxygens (including phenoxy) is 1. The van der Waals surface area contributed by atoms with Gasteiger partial charge >= 0.3 is 0 Å². The molecular weight excluding hydrogens is 272 g/mol. The van der Waals surface area contributed by atoms with Crippen LogP contribution >= 0.6 is 11.6 Å². The molecule has 0 aromatic carbocycles. The maximum atomic E-state index is 6.17. The zero-order valence-corrected chi connectivity index (χ0v) is 13.5. The maximum Gasteiger partial charge on any atom is 0.232 e. The van der Waals surface area contributed by atoms with Crippen LogP contribution < -0.4 is 10.1 Å². The highest BCUT2D eigenvalue weighted by Crippen LogP contribution is 2.22. The Morgan fingerprint density at radius 1 is 1.15 bits per heavy atom. The molecule has 1 heterocycles. The summed E-state index contributed by atoms with van der Waals surface area (Å²) in [5.41, 5.74) is 1.09. The normalized spacial score (nSPS) is 10.8. The van der Waals surface area contributed by atoms with Crippen LogP contribution in [0.1, 0.15) is 57.9 Å². The lowest BCUT2D eigenvalue weighted by Crippen LogP contribution is -2.12. The minimum Gasteiger partial charge on any atom is -0.477 e. The number of unbranched alkanes of at least 4 members (excludes halogenated alkanes) is 5. The smallest absolute Gasteiger partial charge is 0.232 e. The quantitative estimate of drug-likeness (QED) is 0.607. The second kappa shape index (κ2) is 10.9. The van der Waals surface area contributed by atoms with Crippen LogP contribution in [0.3, 0.4) is 0 Å². The fourth-order valence-corrected chi connectivity index (χ4v) is 2.23. The third kappa shape index (κ3) is 7.11. The van der Waals surface area contributed by atoms with Crippen LogP contribution in [0, 0.1) is 0 Å². The highest BCUT2D eigenvalue weighted by Gasteiger charge is 2.04. The van der Waals surface area contributed by atoms with E-state index < -0.39 is 0 Å². The van der Waals surface area contributed by atoms with Gasteiger partial charge in [-0.2, -0.15) is 0 Å². The molecular formula is C16H27ClN2O. The Hall–Kier alpha value is -0.800. The number of aromatic nitrogens is 1. The summed E-state index contributed by atoms with van der Waals surface area (Å²) in [6.07, 6.45) is 9.35. The van der Waals surface area contributed by atoms with Crippen molar-refractivity contribution in [2.24, 2.45) is 0 Å². The molecule has 1 aromatic heterocycles. The molecule has 0 aliphatic rings. The summed E-state index contributed by atoms with van der Waals surface area (Å²) in [5, 5.41) is 3.85. The van der Waals surface area contributed by atoms with Gasteiger partial charge in [0.1, 0.15) is 5.02 Å². The van der Waals surface area contributed by atoms with E-state index in [9.17, 15) is 0 Å². The first kappa shape index (κ1) is 17.3. The standard InChI is InChI=1S/C16H27ClN2O/c1-3-5-6-7-8-9-10-20-16-15(17)11-14(13-19-16)12-18-4-2/h11,13,18H,3-10,12H2,1-2H3. The van der Waals surface area contributed by atoms with Gasteiger partial charge in [-0.1, -0.05) is 57.6 Å². The second-order valence-corrected chi connectivity index (χ2v) is 5.43. The monoisotopic (exact) mass is 298 g/mol. The van der Waals surface area contributed by atoms with E-state index in [0.29, 0.717) is 17.5 Å². The van der Waals surface area contributed by atoms with E-state index in [1.165, 1.54) is 32.1 Å². The highest BCUT2D eigenvalue weighted by atomic mass is 35.5. The van der Waals surface area contributed by atoms with Gasteiger partial charge in [0.05, 0.1) is 6.61 Å². The Morgan fingerprint density at radius 3 is 2.60 bits per heavy atom. The highest BCUT2D eigenvalue weighted by molar-refractivity contribution is 6.31. The molecule has 114 valence electrons. The molecule has 0 radical (unpaired) electrons. The average Bonchev–Trinajstić information content (AvgIpc) is 2.46. The van der Waals surface area contributed by atoms with Crippen LogP contribution in [0.25, 0.3) is 0 Å². The third-order valence-electron chi connectivity index (χ3n) is 3.18. The zero-order chi connectivity index (χ0) is 14.6. The van der Waals surface area contributed by atoms with Gasteiger partial charge in [-0.05, 0) is 24.6 Å². The van der Waals surface area contributed by atoms with E-state index in [2.05, 4.69) is 24.1 Å². The van der Waals surface area contributed by atoms with Crippen LogP contribution in [0.5, 0.6) is 5.88 Å². The fourth-order valence-electron chi connectivity index (χ4n) is 1.99. The molecule has 0 unspecified atom stereocenters. The largest absolute Gasteiger partial charge is 0.477 e. The first-order valence-electron chi connectivity index (χ1n) is 7.75. The number of pyridine rings is 1. The Kier molecular flexibility index (Phi) is 9.42. The van der Waals surface area contributed by atoms with Crippen LogP contribution in [-0.4, -0.2) is 18.1 Å². The van der Waals surface area contributed by atoms with Gasteiger partial charge in [-0.3, -0.25) is 0 Å². The van der Waals surface area contributed by atoms with Crippen molar-refractivity contribution < 1.29 is 4.74 Å². The van der Waals surface area contributed by atoms with E-state index in [-0.39, 0.29) is 0 Å². The summed E-state index contributed by atoms with van der Waals surface area (Å²) in [4.78, 5) is 4.28. The van der Waals surface area contributed by atoms with Crippen molar-refractivity contribution in [2.75, 3.05) is 13.2 Å². The molecule has 0 saturated heterocycles. The molecule has 0 amide bonds. The van der Waals surface area contributed by atoms with Crippen LogP contribution in [0.4, 0.5) is 0 Å². The first-order valence-corrected chi connectivity index (χ1v) is 8.13. The molecule has 0 saturated carbocycles. The van der Waals surface area contributed by atoms with Crippen molar-refractivity contribution in [3.63, 3.8) is 0 Å². The van der Waals surface area contributed by atoms with Gasteiger partial charge < -0.3 is 10.1 Å². The zero-order valence-electron chi connectivity index (χ0n) is 12.8. The van der Waals surface area contributed by atoms with E-state index in [1.54, 1.807) is 0 Å². The van der Waals surface area contributed by atoms with Gasteiger partial charge in [0.2, 0.25) is 5.88 Å². The lowest BCUT2D eigenvalue weighted by Gasteiger charge is -2.08. The Balaban J connectivity index is 2.23. The molecule has 0 bridgehead atoms. The van der Waals surface area contributed by atoms with Crippen molar-refractivity contribution in [2.45, 2.75) is 58.9 Å². The number of halogens is 1. The maximum absolute atomic E-state index is 6.17. The molecule has 4 heteroatoms. The van der Waals surface area contributed by atoms with Crippen LogP contribution in [0.15, 0.2) is 12.3 Å². The summed E-state index contributed by atoms with van der Waals surface area (Å²) in [6.45, 7) is 6.74. The van der Waals surface area contributed by atoms with Crippen molar-refractivity contribution in [3.8, 4) is 5.88 Å². The molecule has 0 aliphatic heterocycles. The predicted molar refractivity (Wildman–Crippen MR) is 85.5 cm³/mol. The number of nitrogens with zero attached hydrogens (tertiary/aromatic N) is 1. The summed E-state index contributed by atoms with van der Waals surface area (Å²) in [6, 6.07) is 1.92. The molecule has 1 N–H and O–H groups in total. The molecule has 1 aromatic rings. The fraction of sp³-hybridized carbons (Fsp3) is 0.688. The minimum absolute atomic E-state index is 0.556. The first-order chi connectivity index (χ1) is 9.77. The lowest BCUT2D eigenvalue weighted by molar-refractivity contribution is 0.293. The number of hydrogen-bond acceptors (Lipinski definition) is 3. The van der Waals surface area contributed by atoms with Gasteiger partial charge in [0.25, 0.3) is 0 Å². The Morgan fingerprint density at radius 2 is 1.90 bits per heavy atom. The van der Waals surface area contributed by atoms with Crippen molar-refractivity contribution in [1.29, 1.82) is 0 Å². The molecule has 0 aliphatic carbocycles. The topological polar surface area (TPSA) is 34.1 Å². The summed E-state index contributed by atoms with van der Waals surface area (Å²) >= 11 is 6.17. The van der Waals surface area contributed by atoms with E-state index >= 15 is 0 Å². The molecule has 1 rings (SSSR count).